The van der Waals surface area contributed by atoms with Gasteiger partial charge in [-0.15, -0.1) is 0 Å². The maximum atomic E-state index is 6.47. The Kier molecular flexibility index (Phi) is 4.00. The summed E-state index contributed by atoms with van der Waals surface area (Å²) in [6.07, 6.45) is 6.26. The predicted molar refractivity (Wildman–Crippen MR) is 87.4 cm³/mol. The molecule has 1 aromatic carbocycles. The van der Waals surface area contributed by atoms with Crippen LogP contribution in [0.25, 0.3) is 0 Å². The van der Waals surface area contributed by atoms with Gasteiger partial charge < -0.3 is 10.5 Å². The van der Waals surface area contributed by atoms with Crippen LogP contribution in [-0.2, 0) is 6.42 Å². The molecule has 21 heavy (non-hydrogen) atoms. The van der Waals surface area contributed by atoms with Crippen molar-refractivity contribution in [1.82, 2.24) is 0 Å². The average molecular weight is 287 g/mol. The Morgan fingerprint density at radius 3 is 2.71 bits per heavy atom. The Balaban J connectivity index is 1.64. The minimum absolute atomic E-state index is 0.256. The van der Waals surface area contributed by atoms with E-state index in [-0.39, 0.29) is 5.41 Å². The molecule has 3 rings (SSSR count). The van der Waals surface area contributed by atoms with Crippen LogP contribution in [0.4, 0.5) is 0 Å². The first kappa shape index (κ1) is 14.9. The summed E-state index contributed by atoms with van der Waals surface area (Å²) in [6, 6.07) is 8.80. The van der Waals surface area contributed by atoms with Crippen LogP contribution < -0.4 is 10.5 Å². The van der Waals surface area contributed by atoms with Crippen molar-refractivity contribution in [3.8, 4) is 5.75 Å². The Hall–Kier alpha value is -1.02. The maximum Gasteiger partial charge on any atom is 0.123 e. The highest BCUT2D eigenvalue weighted by molar-refractivity contribution is 5.37. The molecule has 1 saturated carbocycles. The summed E-state index contributed by atoms with van der Waals surface area (Å²) in [6.45, 7) is 7.11. The van der Waals surface area contributed by atoms with Gasteiger partial charge in [0.2, 0.25) is 0 Å². The van der Waals surface area contributed by atoms with E-state index in [0.29, 0.717) is 18.1 Å². The zero-order chi connectivity index (χ0) is 15.0. The Labute approximate surface area is 129 Å². The molecule has 1 fully saturated rings. The van der Waals surface area contributed by atoms with Gasteiger partial charge in [-0.05, 0) is 48.1 Å². The number of hydrogen-bond acceptors (Lipinski definition) is 2. The predicted octanol–water partition coefficient (Wildman–Crippen LogP) is 4.17. The number of fused-ring (bicyclic) bond motifs is 1. The molecule has 0 amide bonds. The summed E-state index contributed by atoms with van der Waals surface area (Å²) in [5.41, 5.74) is 8.09. The largest absolute Gasteiger partial charge is 0.490 e. The molecular weight excluding hydrogens is 258 g/mol. The van der Waals surface area contributed by atoms with Crippen LogP contribution >= 0.6 is 0 Å². The number of rotatable bonds is 3. The van der Waals surface area contributed by atoms with Crippen molar-refractivity contribution in [2.24, 2.45) is 23.0 Å². The second-order valence-corrected chi connectivity index (χ2v) is 7.93. The fourth-order valence-electron chi connectivity index (χ4n) is 4.50. The van der Waals surface area contributed by atoms with E-state index < -0.39 is 0 Å². The molecule has 0 radical (unpaired) electrons. The van der Waals surface area contributed by atoms with E-state index in [0.717, 1.165) is 24.5 Å². The first-order chi connectivity index (χ1) is 9.95. The molecule has 2 nitrogen and oxygen atoms in total. The van der Waals surface area contributed by atoms with Gasteiger partial charge in [-0.3, -0.25) is 0 Å². The third-order valence-corrected chi connectivity index (χ3v) is 5.63. The molecular formula is C19H29NO. The highest BCUT2D eigenvalue weighted by atomic mass is 16.5. The van der Waals surface area contributed by atoms with Crippen molar-refractivity contribution in [3.63, 3.8) is 0 Å². The lowest BCUT2D eigenvalue weighted by molar-refractivity contribution is 0.0641. The molecule has 1 aromatic rings. The summed E-state index contributed by atoms with van der Waals surface area (Å²) in [7, 11) is 0. The van der Waals surface area contributed by atoms with Gasteiger partial charge in [0.1, 0.15) is 11.9 Å². The molecule has 0 saturated heterocycles. The second-order valence-electron chi connectivity index (χ2n) is 7.93. The van der Waals surface area contributed by atoms with E-state index in [1.54, 1.807) is 0 Å². The van der Waals surface area contributed by atoms with E-state index in [1.807, 2.05) is 0 Å². The van der Waals surface area contributed by atoms with Gasteiger partial charge in [0.25, 0.3) is 0 Å². The van der Waals surface area contributed by atoms with Crippen LogP contribution in [-0.4, -0.2) is 12.1 Å². The zero-order valence-corrected chi connectivity index (χ0v) is 13.6. The first-order valence-corrected chi connectivity index (χ1v) is 8.46. The van der Waals surface area contributed by atoms with Crippen molar-refractivity contribution in [2.75, 3.05) is 0 Å². The van der Waals surface area contributed by atoms with Crippen LogP contribution in [0.3, 0.4) is 0 Å². The quantitative estimate of drug-likeness (QED) is 0.905. The standard InChI is InChI=1S/C19H29NO/c1-13-8-9-16(17(20)10-13)19(2,3)12-15-11-14-6-4-5-7-18(14)21-15/h4-7,13,15-17H,8-12,20H2,1-3H3. The summed E-state index contributed by atoms with van der Waals surface area (Å²) in [5.74, 6) is 2.50. The van der Waals surface area contributed by atoms with E-state index in [1.165, 1.54) is 24.8 Å². The van der Waals surface area contributed by atoms with Crippen LogP contribution in [0.15, 0.2) is 24.3 Å². The number of ether oxygens (including phenoxy) is 1. The van der Waals surface area contributed by atoms with Gasteiger partial charge in [-0.1, -0.05) is 45.4 Å². The van der Waals surface area contributed by atoms with E-state index in [2.05, 4.69) is 45.0 Å². The lowest BCUT2D eigenvalue weighted by atomic mass is 9.64. The van der Waals surface area contributed by atoms with Gasteiger partial charge in [0, 0.05) is 12.5 Å². The normalized spacial score (nSPS) is 32.6. The van der Waals surface area contributed by atoms with Gasteiger partial charge >= 0.3 is 0 Å². The lowest BCUT2D eigenvalue weighted by Gasteiger charge is -2.43. The van der Waals surface area contributed by atoms with Crippen LogP contribution in [0, 0.1) is 17.3 Å². The number of hydrogen-bond donors (Lipinski definition) is 1. The van der Waals surface area contributed by atoms with E-state index >= 15 is 0 Å². The van der Waals surface area contributed by atoms with Crippen LogP contribution in [0.5, 0.6) is 5.75 Å². The highest BCUT2D eigenvalue weighted by Gasteiger charge is 2.40. The summed E-state index contributed by atoms with van der Waals surface area (Å²) in [5, 5.41) is 0. The van der Waals surface area contributed by atoms with Crippen molar-refractivity contribution in [1.29, 1.82) is 0 Å². The smallest absolute Gasteiger partial charge is 0.123 e. The lowest BCUT2D eigenvalue weighted by Crippen LogP contribution is -2.45. The maximum absolute atomic E-state index is 6.47. The number of para-hydroxylation sites is 1. The molecule has 1 heterocycles. The summed E-state index contributed by atoms with van der Waals surface area (Å²) >= 11 is 0. The number of benzene rings is 1. The van der Waals surface area contributed by atoms with Crippen LogP contribution in [0.2, 0.25) is 0 Å². The Morgan fingerprint density at radius 1 is 1.24 bits per heavy atom. The third-order valence-electron chi connectivity index (χ3n) is 5.63. The van der Waals surface area contributed by atoms with Crippen molar-refractivity contribution in [3.05, 3.63) is 29.8 Å². The molecule has 0 bridgehead atoms. The fraction of sp³-hybridized carbons (Fsp3) is 0.684. The van der Waals surface area contributed by atoms with Gasteiger partial charge in [-0.25, -0.2) is 0 Å². The second kappa shape index (κ2) is 5.64. The number of nitrogens with two attached hydrogens (primary N) is 1. The highest BCUT2D eigenvalue weighted by Crippen LogP contribution is 2.44. The molecule has 116 valence electrons. The zero-order valence-electron chi connectivity index (χ0n) is 13.6. The molecule has 1 aliphatic carbocycles. The van der Waals surface area contributed by atoms with Crippen molar-refractivity contribution in [2.45, 2.75) is 65.0 Å². The van der Waals surface area contributed by atoms with E-state index in [4.69, 9.17) is 10.5 Å². The third kappa shape index (κ3) is 3.11. The first-order valence-electron chi connectivity index (χ1n) is 8.46. The topological polar surface area (TPSA) is 35.2 Å². The molecule has 2 aliphatic rings. The minimum atomic E-state index is 0.256. The van der Waals surface area contributed by atoms with Crippen molar-refractivity contribution >= 4 is 0 Å². The Bertz CT molecular complexity index is 471. The molecule has 0 aromatic heterocycles. The van der Waals surface area contributed by atoms with E-state index in [9.17, 15) is 0 Å². The molecule has 2 N–H and O–H groups in total. The molecule has 4 atom stereocenters. The minimum Gasteiger partial charge on any atom is -0.490 e. The monoisotopic (exact) mass is 287 g/mol. The van der Waals surface area contributed by atoms with Gasteiger partial charge in [-0.2, -0.15) is 0 Å². The Morgan fingerprint density at radius 2 is 2.00 bits per heavy atom. The van der Waals surface area contributed by atoms with Crippen LogP contribution in [0.1, 0.15) is 52.0 Å². The molecule has 4 unspecified atom stereocenters. The van der Waals surface area contributed by atoms with Gasteiger partial charge in [0.15, 0.2) is 0 Å². The molecule has 2 heteroatoms. The summed E-state index contributed by atoms with van der Waals surface area (Å²) in [4.78, 5) is 0. The van der Waals surface area contributed by atoms with Crippen molar-refractivity contribution < 1.29 is 4.74 Å². The fourth-order valence-corrected chi connectivity index (χ4v) is 4.50. The summed E-state index contributed by atoms with van der Waals surface area (Å²) < 4.78 is 6.15. The average Bonchev–Trinajstić information content (AvgIpc) is 2.79. The molecule has 0 spiro atoms. The SMILES string of the molecule is CC1CCC(C(C)(C)CC2Cc3ccccc3O2)C(N)C1. The van der Waals surface area contributed by atoms with Gasteiger partial charge in [0.05, 0.1) is 0 Å². The molecule has 1 aliphatic heterocycles.